The Morgan fingerprint density at radius 3 is 1.19 bits per heavy atom. The second-order valence-electron chi connectivity index (χ2n) is 22.4. The molecule has 1 amide bonds. The predicted molar refractivity (Wildman–Crippen MR) is 318 cm³/mol. The van der Waals surface area contributed by atoms with Crippen LogP contribution < -0.4 is 5.32 Å². The zero-order chi connectivity index (χ0) is 53.5. The van der Waals surface area contributed by atoms with Gasteiger partial charge in [-0.2, -0.15) is 0 Å². The first-order valence-electron chi connectivity index (χ1n) is 31.2. The molecule has 0 bridgehead atoms. The van der Waals surface area contributed by atoms with Crippen LogP contribution in [0.1, 0.15) is 290 Å². The molecule has 0 aliphatic carbocycles. The molecule has 0 rings (SSSR count). The van der Waals surface area contributed by atoms with Gasteiger partial charge in [0.2, 0.25) is 5.91 Å². The van der Waals surface area contributed by atoms with Crippen LogP contribution in [-0.2, 0) is 18.4 Å². The van der Waals surface area contributed by atoms with Crippen molar-refractivity contribution in [2.75, 3.05) is 40.9 Å². The number of hydrogen-bond donors (Lipinski definition) is 3. The van der Waals surface area contributed by atoms with E-state index in [0.717, 1.165) is 57.8 Å². The smallest absolute Gasteiger partial charge is 0.387 e. The molecule has 0 aromatic carbocycles. The number of phosphoric acid groups is 1. The van der Waals surface area contributed by atoms with Crippen molar-refractivity contribution in [1.82, 2.24) is 5.32 Å². The lowest BCUT2D eigenvalue weighted by atomic mass is 10.0. The molecule has 8 nitrogen and oxygen atoms in total. The number of allylic oxidation sites excluding steroid dienone is 9. The average molecular weight is 1050 g/mol. The van der Waals surface area contributed by atoms with E-state index in [1.54, 1.807) is 6.08 Å². The van der Waals surface area contributed by atoms with E-state index in [1.807, 2.05) is 27.2 Å². The molecule has 3 N–H and O–H groups in total. The molecule has 0 spiro atoms. The third-order valence-electron chi connectivity index (χ3n) is 14.0. The number of nitrogens with zero attached hydrogens (tertiary/aromatic N) is 1. The fourth-order valence-corrected chi connectivity index (χ4v) is 9.80. The molecule has 0 aromatic rings. The van der Waals surface area contributed by atoms with Crippen LogP contribution in [0.3, 0.4) is 0 Å². The van der Waals surface area contributed by atoms with Crippen molar-refractivity contribution >= 4 is 13.7 Å². The quantitative estimate of drug-likeness (QED) is 0.0243. The normalized spacial score (nSPS) is 14.2. The van der Waals surface area contributed by atoms with Crippen LogP contribution >= 0.6 is 7.82 Å². The van der Waals surface area contributed by atoms with Crippen molar-refractivity contribution in [1.29, 1.82) is 0 Å². The maximum absolute atomic E-state index is 13.0. The lowest BCUT2D eigenvalue weighted by molar-refractivity contribution is -0.870. The Morgan fingerprint density at radius 2 is 0.795 bits per heavy atom. The zero-order valence-corrected chi connectivity index (χ0v) is 49.8. The molecule has 0 radical (unpaired) electrons. The highest BCUT2D eigenvalue weighted by molar-refractivity contribution is 7.47. The fourth-order valence-electron chi connectivity index (χ4n) is 9.07. The lowest BCUT2D eigenvalue weighted by Crippen LogP contribution is -2.45. The van der Waals surface area contributed by atoms with Gasteiger partial charge in [-0.3, -0.25) is 13.8 Å². The predicted octanol–water partition coefficient (Wildman–Crippen LogP) is 19.3. The van der Waals surface area contributed by atoms with Gasteiger partial charge in [0.25, 0.3) is 0 Å². The maximum atomic E-state index is 13.0. The zero-order valence-electron chi connectivity index (χ0n) is 48.9. The number of hydrogen-bond acceptors (Lipinski definition) is 5. The minimum atomic E-state index is -4.36. The highest BCUT2D eigenvalue weighted by Crippen LogP contribution is 2.43. The number of amides is 1. The van der Waals surface area contributed by atoms with E-state index in [1.165, 1.54) is 212 Å². The molecule has 428 valence electrons. The van der Waals surface area contributed by atoms with Gasteiger partial charge in [0.1, 0.15) is 13.2 Å². The summed E-state index contributed by atoms with van der Waals surface area (Å²) in [6, 6.07) is -0.871. The molecule has 0 fully saturated rings. The number of phosphoric ester groups is 1. The van der Waals surface area contributed by atoms with Gasteiger partial charge in [-0.25, -0.2) is 4.57 Å². The average Bonchev–Trinajstić information content (AvgIpc) is 3.35. The standard InChI is InChI=1S/C64H121N2O6P/c1-6-8-10-12-14-16-18-20-22-24-26-28-30-31-32-33-34-36-37-39-41-43-45-47-49-51-53-55-57-63(67)62(61-72-73(69,70)71-60-59-66(3,4)5)65-64(68)58-56-54-52-50-48-46-44-42-40-38-35-29-27-25-23-21-19-17-15-13-11-9-7-2/h19,21,25,27,35,38,47,49,55,57,62-63,67H,6-18,20,22-24,26,28-34,36-37,39-46,48,50-54,56,58-61H2,1-5H3,(H-,65,68,69,70)/p+1/b21-19-,27-25-,38-35-,49-47+,57-55+. The molecular formula is C64H122N2O6P+. The number of aliphatic hydroxyl groups excluding tert-OH is 1. The Bertz CT molecular complexity index is 1370. The fraction of sp³-hybridized carbons (Fsp3) is 0.828. The van der Waals surface area contributed by atoms with Crippen molar-refractivity contribution < 1.29 is 32.9 Å². The molecular weight excluding hydrogens is 924 g/mol. The Morgan fingerprint density at radius 1 is 0.466 bits per heavy atom. The largest absolute Gasteiger partial charge is 0.472 e. The molecule has 9 heteroatoms. The maximum Gasteiger partial charge on any atom is 0.472 e. The van der Waals surface area contributed by atoms with E-state index in [9.17, 15) is 19.4 Å². The van der Waals surface area contributed by atoms with Crippen molar-refractivity contribution in [2.24, 2.45) is 0 Å². The molecule has 0 aliphatic rings. The first kappa shape index (κ1) is 71.2. The number of rotatable bonds is 57. The summed E-state index contributed by atoms with van der Waals surface area (Å²) >= 11 is 0. The number of likely N-dealkylation sites (N-methyl/N-ethyl adjacent to an activating group) is 1. The van der Waals surface area contributed by atoms with E-state index < -0.39 is 20.0 Å². The molecule has 0 heterocycles. The van der Waals surface area contributed by atoms with E-state index in [2.05, 4.69) is 67.8 Å². The second kappa shape index (κ2) is 55.0. The summed E-state index contributed by atoms with van der Waals surface area (Å²) in [6.07, 6.45) is 74.8. The van der Waals surface area contributed by atoms with Gasteiger partial charge in [0.15, 0.2) is 0 Å². The van der Waals surface area contributed by atoms with Crippen LogP contribution in [-0.4, -0.2) is 73.4 Å². The molecule has 0 saturated heterocycles. The minimum Gasteiger partial charge on any atom is -0.387 e. The number of carbonyl (C=O) groups is 1. The minimum absolute atomic E-state index is 0.0528. The number of unbranched alkanes of at least 4 members (excludes halogenated alkanes) is 36. The molecule has 0 aliphatic heterocycles. The van der Waals surface area contributed by atoms with Crippen molar-refractivity contribution in [3.63, 3.8) is 0 Å². The number of carbonyl (C=O) groups excluding carboxylic acids is 1. The SMILES string of the molecule is CCCCCCC/C=C\C/C=C\C/C=C\CCCCCCCCCCC(=O)NC(COP(=O)(O)OCC[N+](C)(C)C)C(O)/C=C/CC/C=C/CCCCCCCCCCCCCCCCCCCCCCCC. The highest BCUT2D eigenvalue weighted by atomic mass is 31.2. The third kappa shape index (κ3) is 57.7. The summed E-state index contributed by atoms with van der Waals surface area (Å²) in [5.41, 5.74) is 0. The topological polar surface area (TPSA) is 105 Å². The van der Waals surface area contributed by atoms with Crippen LogP contribution in [0.2, 0.25) is 0 Å². The number of nitrogens with one attached hydrogen (secondary N) is 1. The first-order chi connectivity index (χ1) is 35.5. The van der Waals surface area contributed by atoms with Crippen molar-refractivity contribution in [3.8, 4) is 0 Å². The van der Waals surface area contributed by atoms with E-state index in [-0.39, 0.29) is 19.1 Å². The van der Waals surface area contributed by atoms with Crippen LogP contribution in [0, 0.1) is 0 Å². The molecule has 0 aromatic heterocycles. The molecule has 3 unspecified atom stereocenters. The molecule has 3 atom stereocenters. The summed E-state index contributed by atoms with van der Waals surface area (Å²) in [4.78, 5) is 23.3. The Hall–Kier alpha value is -1.80. The van der Waals surface area contributed by atoms with Crippen molar-refractivity contribution in [3.05, 3.63) is 60.8 Å². The first-order valence-corrected chi connectivity index (χ1v) is 32.7. The number of quaternary nitrogens is 1. The van der Waals surface area contributed by atoms with Gasteiger partial charge in [0.05, 0.1) is 39.9 Å². The summed E-state index contributed by atoms with van der Waals surface area (Å²) < 4.78 is 23.7. The molecule has 73 heavy (non-hydrogen) atoms. The summed E-state index contributed by atoms with van der Waals surface area (Å²) in [6.45, 7) is 4.81. The van der Waals surface area contributed by atoms with Crippen LogP contribution in [0.15, 0.2) is 60.8 Å². The summed E-state index contributed by atoms with van der Waals surface area (Å²) in [5.74, 6) is -0.193. The van der Waals surface area contributed by atoms with Gasteiger partial charge in [-0.15, -0.1) is 0 Å². The Kier molecular flexibility index (Phi) is 53.6. The van der Waals surface area contributed by atoms with E-state index >= 15 is 0 Å². The van der Waals surface area contributed by atoms with Gasteiger partial charge < -0.3 is 19.8 Å². The van der Waals surface area contributed by atoms with Crippen molar-refractivity contribution in [2.45, 2.75) is 302 Å². The summed E-state index contributed by atoms with van der Waals surface area (Å²) in [5, 5.41) is 13.9. The lowest BCUT2D eigenvalue weighted by Gasteiger charge is -2.25. The molecule has 0 saturated carbocycles. The van der Waals surface area contributed by atoms with Gasteiger partial charge >= 0.3 is 7.82 Å². The van der Waals surface area contributed by atoms with Gasteiger partial charge in [0, 0.05) is 6.42 Å². The second-order valence-corrected chi connectivity index (χ2v) is 23.9. The van der Waals surface area contributed by atoms with Gasteiger partial charge in [-0.05, 0) is 70.6 Å². The van der Waals surface area contributed by atoms with Crippen LogP contribution in [0.5, 0.6) is 0 Å². The Labute approximate surface area is 453 Å². The third-order valence-corrected chi connectivity index (χ3v) is 14.9. The highest BCUT2D eigenvalue weighted by Gasteiger charge is 2.27. The van der Waals surface area contributed by atoms with Gasteiger partial charge in [-0.1, -0.05) is 274 Å². The monoisotopic (exact) mass is 1050 g/mol. The summed E-state index contributed by atoms with van der Waals surface area (Å²) in [7, 11) is 1.55. The van der Waals surface area contributed by atoms with Crippen LogP contribution in [0.25, 0.3) is 0 Å². The van der Waals surface area contributed by atoms with E-state index in [4.69, 9.17) is 9.05 Å². The Balaban J connectivity index is 4.22. The number of aliphatic hydroxyl groups is 1. The van der Waals surface area contributed by atoms with Crippen LogP contribution in [0.4, 0.5) is 0 Å². The van der Waals surface area contributed by atoms with E-state index in [0.29, 0.717) is 17.4 Å².